The van der Waals surface area contributed by atoms with Gasteiger partial charge in [0.2, 0.25) is 11.8 Å². The van der Waals surface area contributed by atoms with Crippen LogP contribution in [0.15, 0.2) is 6.20 Å². The first-order chi connectivity index (χ1) is 9.04. The summed E-state index contributed by atoms with van der Waals surface area (Å²) in [5.74, 6) is 0.366. The average Bonchev–Trinajstić information content (AvgIpc) is 2.60. The zero-order valence-corrected chi connectivity index (χ0v) is 11.2. The maximum absolute atomic E-state index is 11.7. The molecule has 0 unspecified atom stereocenters. The summed E-state index contributed by atoms with van der Waals surface area (Å²) in [7, 11) is 0. The average molecular weight is 265 g/mol. The molecule has 1 heterocycles. The fourth-order valence-electron chi connectivity index (χ4n) is 1.85. The lowest BCUT2D eigenvalue weighted by molar-refractivity contribution is -0.123. The number of rotatable bonds is 5. The van der Waals surface area contributed by atoms with E-state index < -0.39 is 0 Å². The van der Waals surface area contributed by atoms with Gasteiger partial charge in [0.25, 0.3) is 0 Å². The Morgan fingerprint density at radius 1 is 1.47 bits per heavy atom. The molecule has 7 nitrogen and oxygen atoms in total. The van der Waals surface area contributed by atoms with Crippen molar-refractivity contribution in [2.24, 2.45) is 5.92 Å². The fraction of sp³-hybridized carbons (Fsp3) is 0.667. The van der Waals surface area contributed by atoms with Crippen molar-refractivity contribution < 1.29 is 9.59 Å². The summed E-state index contributed by atoms with van der Waals surface area (Å²) in [6.07, 6.45) is 4.56. The molecule has 1 saturated carbocycles. The predicted octanol–water partition coefficient (Wildman–Crippen LogP) is 0.541. The van der Waals surface area contributed by atoms with Crippen molar-refractivity contribution >= 4 is 17.6 Å². The Kier molecular flexibility index (Phi) is 4.13. The number of aromatic nitrogens is 3. The van der Waals surface area contributed by atoms with Gasteiger partial charge in [-0.25, -0.2) is 4.68 Å². The first kappa shape index (κ1) is 13.5. The Hall–Kier alpha value is -1.92. The molecular formula is C12H19N5O2. The Bertz CT molecular complexity index is 464. The van der Waals surface area contributed by atoms with E-state index in [4.69, 9.17) is 0 Å². The van der Waals surface area contributed by atoms with Gasteiger partial charge in [0, 0.05) is 12.0 Å². The van der Waals surface area contributed by atoms with E-state index in [1.807, 2.05) is 13.8 Å². The molecule has 0 bridgehead atoms. The van der Waals surface area contributed by atoms with Gasteiger partial charge < -0.3 is 10.6 Å². The SMILES string of the molecule is CC(C)NC(=O)Cn1cc(NC(=O)C2CCC2)nn1. The third kappa shape index (κ3) is 3.77. The summed E-state index contributed by atoms with van der Waals surface area (Å²) in [6.45, 7) is 3.89. The van der Waals surface area contributed by atoms with Crippen LogP contribution in [0.5, 0.6) is 0 Å². The topological polar surface area (TPSA) is 88.9 Å². The minimum absolute atomic E-state index is 0.00932. The first-order valence-corrected chi connectivity index (χ1v) is 6.55. The van der Waals surface area contributed by atoms with Crippen LogP contribution in [-0.2, 0) is 16.1 Å². The van der Waals surface area contributed by atoms with Crippen LogP contribution in [0.3, 0.4) is 0 Å². The van der Waals surface area contributed by atoms with Gasteiger partial charge in [-0.2, -0.15) is 0 Å². The summed E-state index contributed by atoms with van der Waals surface area (Å²) >= 11 is 0. The van der Waals surface area contributed by atoms with Crippen molar-refractivity contribution in [1.29, 1.82) is 0 Å². The minimum atomic E-state index is -0.128. The highest BCUT2D eigenvalue weighted by Gasteiger charge is 2.25. The molecule has 104 valence electrons. The van der Waals surface area contributed by atoms with Crippen molar-refractivity contribution in [3.8, 4) is 0 Å². The van der Waals surface area contributed by atoms with Crippen LogP contribution in [0.1, 0.15) is 33.1 Å². The number of hydrogen-bond acceptors (Lipinski definition) is 4. The number of carbonyl (C=O) groups is 2. The van der Waals surface area contributed by atoms with Crippen molar-refractivity contribution in [3.63, 3.8) is 0 Å². The maximum Gasteiger partial charge on any atom is 0.241 e. The summed E-state index contributed by atoms with van der Waals surface area (Å²) in [4.78, 5) is 23.2. The highest BCUT2D eigenvalue weighted by atomic mass is 16.2. The van der Waals surface area contributed by atoms with Gasteiger partial charge in [-0.1, -0.05) is 11.6 Å². The van der Waals surface area contributed by atoms with E-state index in [1.54, 1.807) is 6.20 Å². The Balaban J connectivity index is 1.84. The number of carbonyl (C=O) groups excluding carboxylic acids is 2. The van der Waals surface area contributed by atoms with E-state index in [1.165, 1.54) is 4.68 Å². The molecule has 7 heteroatoms. The van der Waals surface area contributed by atoms with Gasteiger partial charge in [0.15, 0.2) is 5.82 Å². The summed E-state index contributed by atoms with van der Waals surface area (Å²) in [5.41, 5.74) is 0. The first-order valence-electron chi connectivity index (χ1n) is 6.55. The van der Waals surface area contributed by atoms with E-state index in [2.05, 4.69) is 20.9 Å². The Morgan fingerprint density at radius 3 is 2.79 bits per heavy atom. The highest BCUT2D eigenvalue weighted by Crippen LogP contribution is 2.27. The van der Waals surface area contributed by atoms with Gasteiger partial charge in [-0.3, -0.25) is 9.59 Å². The Labute approximate surface area is 111 Å². The molecule has 0 atom stereocenters. The van der Waals surface area contributed by atoms with Gasteiger partial charge in [0.05, 0.1) is 6.20 Å². The minimum Gasteiger partial charge on any atom is -0.352 e. The van der Waals surface area contributed by atoms with Gasteiger partial charge >= 0.3 is 0 Å². The number of nitrogens with zero attached hydrogens (tertiary/aromatic N) is 3. The van der Waals surface area contributed by atoms with Crippen LogP contribution < -0.4 is 10.6 Å². The molecule has 1 aromatic heterocycles. The van der Waals surface area contributed by atoms with Crippen molar-refractivity contribution in [1.82, 2.24) is 20.3 Å². The van der Waals surface area contributed by atoms with Crippen molar-refractivity contribution in [2.45, 2.75) is 45.7 Å². The van der Waals surface area contributed by atoms with Crippen LogP contribution >= 0.6 is 0 Å². The van der Waals surface area contributed by atoms with Crippen LogP contribution in [0.2, 0.25) is 0 Å². The Morgan fingerprint density at radius 2 is 2.21 bits per heavy atom. The predicted molar refractivity (Wildman–Crippen MR) is 69.3 cm³/mol. The summed E-state index contributed by atoms with van der Waals surface area (Å²) in [6, 6.07) is 0.0915. The van der Waals surface area contributed by atoms with Gasteiger partial charge in [0.1, 0.15) is 6.54 Å². The van der Waals surface area contributed by atoms with E-state index in [0.717, 1.165) is 19.3 Å². The molecular weight excluding hydrogens is 246 g/mol. The number of amides is 2. The zero-order chi connectivity index (χ0) is 13.8. The number of nitrogens with one attached hydrogen (secondary N) is 2. The molecule has 0 spiro atoms. The smallest absolute Gasteiger partial charge is 0.241 e. The maximum atomic E-state index is 11.7. The lowest BCUT2D eigenvalue weighted by Gasteiger charge is -2.23. The molecule has 1 aliphatic carbocycles. The number of hydrogen-bond donors (Lipinski definition) is 2. The molecule has 19 heavy (non-hydrogen) atoms. The van der Waals surface area contributed by atoms with Crippen molar-refractivity contribution in [2.75, 3.05) is 5.32 Å². The van der Waals surface area contributed by atoms with E-state index >= 15 is 0 Å². The molecule has 0 aliphatic heterocycles. The van der Waals surface area contributed by atoms with E-state index in [9.17, 15) is 9.59 Å². The summed E-state index contributed by atoms with van der Waals surface area (Å²) < 4.78 is 1.41. The molecule has 0 radical (unpaired) electrons. The zero-order valence-electron chi connectivity index (χ0n) is 11.2. The van der Waals surface area contributed by atoms with Crippen LogP contribution in [0, 0.1) is 5.92 Å². The van der Waals surface area contributed by atoms with Crippen LogP contribution in [0.4, 0.5) is 5.82 Å². The molecule has 2 amide bonds. The lowest BCUT2D eigenvalue weighted by atomic mass is 9.85. The monoisotopic (exact) mass is 265 g/mol. The third-order valence-electron chi connectivity index (χ3n) is 3.02. The van der Waals surface area contributed by atoms with Crippen molar-refractivity contribution in [3.05, 3.63) is 6.20 Å². The largest absolute Gasteiger partial charge is 0.352 e. The molecule has 2 N–H and O–H groups in total. The number of anilines is 1. The lowest BCUT2D eigenvalue weighted by Crippen LogP contribution is -2.33. The second-order valence-electron chi connectivity index (χ2n) is 5.14. The van der Waals surface area contributed by atoms with Crippen LogP contribution in [0.25, 0.3) is 0 Å². The molecule has 0 saturated heterocycles. The molecule has 2 rings (SSSR count). The fourth-order valence-corrected chi connectivity index (χ4v) is 1.85. The molecule has 1 aromatic rings. The van der Waals surface area contributed by atoms with E-state index in [0.29, 0.717) is 5.82 Å². The third-order valence-corrected chi connectivity index (χ3v) is 3.02. The molecule has 1 fully saturated rings. The van der Waals surface area contributed by atoms with Gasteiger partial charge in [-0.15, -0.1) is 5.10 Å². The quantitative estimate of drug-likeness (QED) is 0.813. The van der Waals surface area contributed by atoms with Crippen LogP contribution in [-0.4, -0.2) is 32.9 Å². The van der Waals surface area contributed by atoms with Gasteiger partial charge in [-0.05, 0) is 26.7 Å². The summed E-state index contributed by atoms with van der Waals surface area (Å²) in [5, 5.41) is 13.1. The standard InChI is InChI=1S/C12H19N5O2/c1-8(2)13-11(18)7-17-6-10(15-16-17)14-12(19)9-4-3-5-9/h6,8-9H,3-5,7H2,1-2H3,(H,13,18)(H,14,19). The molecule has 0 aromatic carbocycles. The normalized spacial score (nSPS) is 15.1. The highest BCUT2D eigenvalue weighted by molar-refractivity contribution is 5.92. The van der Waals surface area contributed by atoms with E-state index in [-0.39, 0.29) is 30.3 Å². The second kappa shape index (κ2) is 5.81. The second-order valence-corrected chi connectivity index (χ2v) is 5.14. The molecule has 1 aliphatic rings.